The summed E-state index contributed by atoms with van der Waals surface area (Å²) in [6.07, 6.45) is 6.17. The molecule has 2 aromatic rings. The lowest BCUT2D eigenvalue weighted by Gasteiger charge is -2.34. The first-order valence-corrected chi connectivity index (χ1v) is 8.69. The molecule has 0 unspecified atom stereocenters. The van der Waals surface area contributed by atoms with Crippen LogP contribution in [0.5, 0.6) is 0 Å². The van der Waals surface area contributed by atoms with Gasteiger partial charge < -0.3 is 19.5 Å². The van der Waals surface area contributed by atoms with E-state index >= 15 is 0 Å². The van der Waals surface area contributed by atoms with Crippen LogP contribution in [0.2, 0.25) is 0 Å². The van der Waals surface area contributed by atoms with Crippen LogP contribution < -0.4 is 5.32 Å². The van der Waals surface area contributed by atoms with Gasteiger partial charge in [-0.1, -0.05) is 12.1 Å². The van der Waals surface area contributed by atoms with Gasteiger partial charge >= 0.3 is 0 Å². The predicted octanol–water partition coefficient (Wildman–Crippen LogP) is 2.24. The molecule has 1 aromatic carbocycles. The van der Waals surface area contributed by atoms with E-state index in [0.29, 0.717) is 37.4 Å². The summed E-state index contributed by atoms with van der Waals surface area (Å²) in [4.78, 5) is 39.1. The van der Waals surface area contributed by atoms with E-state index in [-0.39, 0.29) is 17.7 Å². The third-order valence-corrected chi connectivity index (χ3v) is 4.30. The van der Waals surface area contributed by atoms with Gasteiger partial charge in [-0.15, -0.1) is 0 Å². The number of nitrogens with zero attached hydrogens (tertiary/aromatic N) is 2. The number of anilines is 1. The van der Waals surface area contributed by atoms with Crippen LogP contribution in [-0.2, 0) is 9.59 Å². The van der Waals surface area contributed by atoms with E-state index in [1.54, 1.807) is 34.1 Å². The smallest absolute Gasteiger partial charge is 0.257 e. The molecule has 0 saturated carbocycles. The number of hydrogen-bond donors (Lipinski definition) is 1. The van der Waals surface area contributed by atoms with Gasteiger partial charge in [0.1, 0.15) is 6.26 Å². The molecule has 2 heterocycles. The van der Waals surface area contributed by atoms with Crippen LogP contribution in [0.15, 0.2) is 53.4 Å². The summed E-state index contributed by atoms with van der Waals surface area (Å²) in [6.45, 7) is 3.43. The average molecular weight is 367 g/mol. The van der Waals surface area contributed by atoms with Crippen molar-refractivity contribution < 1.29 is 18.8 Å². The SMILES string of the molecule is CC(=O)Nc1ccc(/C=C/C(=O)N2CCN(C(=O)c3ccoc3)CC2)cc1. The van der Waals surface area contributed by atoms with E-state index in [9.17, 15) is 14.4 Å². The summed E-state index contributed by atoms with van der Waals surface area (Å²) >= 11 is 0. The number of piperazine rings is 1. The van der Waals surface area contributed by atoms with Gasteiger partial charge in [-0.25, -0.2) is 0 Å². The van der Waals surface area contributed by atoms with Crippen molar-refractivity contribution in [3.8, 4) is 0 Å². The van der Waals surface area contributed by atoms with Crippen LogP contribution in [0.25, 0.3) is 6.08 Å². The molecule has 0 spiro atoms. The van der Waals surface area contributed by atoms with E-state index in [1.807, 2.05) is 12.1 Å². The summed E-state index contributed by atoms with van der Waals surface area (Å²) in [5.41, 5.74) is 2.10. The van der Waals surface area contributed by atoms with E-state index in [4.69, 9.17) is 4.42 Å². The third-order valence-electron chi connectivity index (χ3n) is 4.30. The monoisotopic (exact) mass is 367 g/mol. The van der Waals surface area contributed by atoms with Crippen molar-refractivity contribution in [3.05, 3.63) is 60.1 Å². The highest BCUT2D eigenvalue weighted by molar-refractivity contribution is 5.95. The Kier molecular flexibility index (Phi) is 5.71. The van der Waals surface area contributed by atoms with Crippen molar-refractivity contribution in [2.75, 3.05) is 31.5 Å². The molecule has 27 heavy (non-hydrogen) atoms. The standard InChI is InChI=1S/C20H21N3O4/c1-15(24)21-18-5-2-16(3-6-18)4-7-19(25)22-9-11-23(12-10-22)20(26)17-8-13-27-14-17/h2-8,13-14H,9-12H2,1H3,(H,21,24)/b7-4+. The summed E-state index contributed by atoms with van der Waals surface area (Å²) in [5.74, 6) is -0.291. The molecule has 3 rings (SSSR count). The van der Waals surface area contributed by atoms with Gasteiger partial charge in [0.15, 0.2) is 0 Å². The fourth-order valence-corrected chi connectivity index (χ4v) is 2.85. The second kappa shape index (κ2) is 8.35. The van der Waals surface area contributed by atoms with Crippen LogP contribution in [0.3, 0.4) is 0 Å². The topological polar surface area (TPSA) is 82.9 Å². The largest absolute Gasteiger partial charge is 0.472 e. The van der Waals surface area contributed by atoms with Gasteiger partial charge in [0.25, 0.3) is 5.91 Å². The normalized spacial score (nSPS) is 14.4. The lowest BCUT2D eigenvalue weighted by Crippen LogP contribution is -2.50. The summed E-state index contributed by atoms with van der Waals surface area (Å²) in [7, 11) is 0. The van der Waals surface area contributed by atoms with Crippen LogP contribution in [0.4, 0.5) is 5.69 Å². The highest BCUT2D eigenvalue weighted by Crippen LogP contribution is 2.12. The molecule has 0 radical (unpaired) electrons. The van der Waals surface area contributed by atoms with Gasteiger partial charge in [-0.05, 0) is 29.8 Å². The van der Waals surface area contributed by atoms with Crippen LogP contribution in [-0.4, -0.2) is 53.7 Å². The van der Waals surface area contributed by atoms with Crippen molar-refractivity contribution >= 4 is 29.5 Å². The zero-order chi connectivity index (χ0) is 19.2. The van der Waals surface area contributed by atoms with Crippen LogP contribution in [0, 0.1) is 0 Å². The minimum absolute atomic E-state index is 0.0781. The molecule has 7 heteroatoms. The highest BCUT2D eigenvalue weighted by Gasteiger charge is 2.24. The first kappa shape index (κ1) is 18.4. The molecule has 0 aliphatic carbocycles. The Balaban J connectivity index is 1.51. The number of nitrogens with one attached hydrogen (secondary N) is 1. The molecule has 1 aromatic heterocycles. The molecule has 0 bridgehead atoms. The molecule has 7 nitrogen and oxygen atoms in total. The predicted molar refractivity (Wildman–Crippen MR) is 101 cm³/mol. The van der Waals surface area contributed by atoms with Crippen molar-refractivity contribution in [1.29, 1.82) is 0 Å². The lowest BCUT2D eigenvalue weighted by molar-refractivity contribution is -0.127. The third kappa shape index (κ3) is 4.84. The van der Waals surface area contributed by atoms with Gasteiger partial charge in [0.2, 0.25) is 11.8 Å². The van der Waals surface area contributed by atoms with Gasteiger partial charge in [-0.2, -0.15) is 0 Å². The molecule has 1 aliphatic rings. The summed E-state index contributed by atoms with van der Waals surface area (Å²) in [6, 6.07) is 8.87. The molecule has 3 amide bonds. The second-order valence-electron chi connectivity index (χ2n) is 6.27. The number of carbonyl (C=O) groups excluding carboxylic acids is 3. The zero-order valence-electron chi connectivity index (χ0n) is 15.1. The minimum atomic E-state index is -0.126. The average Bonchev–Trinajstić information content (AvgIpc) is 3.21. The van der Waals surface area contributed by atoms with E-state index < -0.39 is 0 Å². The highest BCUT2D eigenvalue weighted by atomic mass is 16.3. The quantitative estimate of drug-likeness (QED) is 0.840. The van der Waals surface area contributed by atoms with E-state index in [1.165, 1.54) is 25.5 Å². The zero-order valence-corrected chi connectivity index (χ0v) is 15.1. The molecule has 1 N–H and O–H groups in total. The number of furan rings is 1. The Labute approximate surface area is 157 Å². The molecule has 1 aliphatic heterocycles. The Hall–Kier alpha value is -3.35. The fourth-order valence-electron chi connectivity index (χ4n) is 2.85. The Morgan fingerprint density at radius 2 is 1.67 bits per heavy atom. The second-order valence-corrected chi connectivity index (χ2v) is 6.27. The first-order valence-electron chi connectivity index (χ1n) is 8.69. The number of benzene rings is 1. The van der Waals surface area contributed by atoms with Crippen molar-refractivity contribution in [2.45, 2.75) is 6.92 Å². The molecule has 1 saturated heterocycles. The first-order chi connectivity index (χ1) is 13.0. The summed E-state index contributed by atoms with van der Waals surface area (Å²) in [5, 5.41) is 2.70. The van der Waals surface area contributed by atoms with Crippen molar-refractivity contribution in [1.82, 2.24) is 9.80 Å². The van der Waals surface area contributed by atoms with Crippen molar-refractivity contribution in [2.24, 2.45) is 0 Å². The maximum atomic E-state index is 12.4. The molecular formula is C20H21N3O4. The lowest BCUT2D eigenvalue weighted by atomic mass is 10.2. The Morgan fingerprint density at radius 1 is 1.00 bits per heavy atom. The van der Waals surface area contributed by atoms with Gasteiger partial charge in [-0.3, -0.25) is 14.4 Å². The van der Waals surface area contributed by atoms with Gasteiger partial charge in [0.05, 0.1) is 11.8 Å². The maximum Gasteiger partial charge on any atom is 0.257 e. The minimum Gasteiger partial charge on any atom is -0.472 e. The fraction of sp³-hybridized carbons (Fsp3) is 0.250. The summed E-state index contributed by atoms with van der Waals surface area (Å²) < 4.78 is 4.94. The molecular weight excluding hydrogens is 346 g/mol. The molecule has 0 atom stereocenters. The van der Waals surface area contributed by atoms with Crippen molar-refractivity contribution in [3.63, 3.8) is 0 Å². The van der Waals surface area contributed by atoms with Crippen LogP contribution in [0.1, 0.15) is 22.8 Å². The number of hydrogen-bond acceptors (Lipinski definition) is 4. The van der Waals surface area contributed by atoms with E-state index in [2.05, 4.69) is 5.32 Å². The Morgan fingerprint density at radius 3 is 2.26 bits per heavy atom. The number of rotatable bonds is 4. The number of amides is 3. The number of carbonyl (C=O) groups is 3. The molecule has 1 fully saturated rings. The van der Waals surface area contributed by atoms with Gasteiger partial charge in [0, 0.05) is 44.9 Å². The van der Waals surface area contributed by atoms with Crippen LogP contribution >= 0.6 is 0 Å². The molecule has 140 valence electrons. The Bertz CT molecular complexity index is 833. The maximum absolute atomic E-state index is 12.4. The van der Waals surface area contributed by atoms with E-state index in [0.717, 1.165) is 5.56 Å².